The van der Waals surface area contributed by atoms with E-state index in [1.54, 1.807) is 42.4 Å². The van der Waals surface area contributed by atoms with Crippen LogP contribution in [0.25, 0.3) is 6.08 Å². The summed E-state index contributed by atoms with van der Waals surface area (Å²) in [7, 11) is 0. The van der Waals surface area contributed by atoms with Gasteiger partial charge < -0.3 is 10.1 Å². The lowest BCUT2D eigenvalue weighted by Gasteiger charge is -2.11. The highest BCUT2D eigenvalue weighted by atomic mass is 35.5. The molecular weight excluding hydrogens is 440 g/mol. The van der Waals surface area contributed by atoms with Crippen LogP contribution in [-0.2, 0) is 4.79 Å². The fourth-order valence-corrected chi connectivity index (χ4v) is 3.90. The van der Waals surface area contributed by atoms with Crippen LogP contribution < -0.4 is 10.1 Å². The highest BCUT2D eigenvalue weighted by molar-refractivity contribution is 7.99. The van der Waals surface area contributed by atoms with Crippen LogP contribution in [-0.4, -0.2) is 10.9 Å². The average molecular weight is 459 g/mol. The maximum absolute atomic E-state index is 12.5. The molecule has 0 aliphatic heterocycles. The van der Waals surface area contributed by atoms with Crippen molar-refractivity contribution in [1.82, 2.24) is 4.98 Å². The molecule has 4 rings (SSSR count). The maximum atomic E-state index is 12.5. The molecule has 0 saturated heterocycles. The molecule has 0 fully saturated rings. The van der Waals surface area contributed by atoms with Gasteiger partial charge in [-0.3, -0.25) is 9.78 Å². The zero-order valence-corrected chi connectivity index (χ0v) is 18.5. The van der Waals surface area contributed by atoms with Crippen molar-refractivity contribution in [3.63, 3.8) is 0 Å². The number of halogens is 1. The summed E-state index contributed by atoms with van der Waals surface area (Å²) < 4.78 is 5.96. The standard InChI is InChI=1S/C26H19ClN2O2S/c27-20-9-11-24(12-10-20)32-25-16-21(15-23(17-25)31-22-7-4-14-28-18-22)29-26(30)13-8-19-5-2-1-3-6-19/h1-18H,(H,29,30)/b13-8-. The Balaban J connectivity index is 1.56. The van der Waals surface area contributed by atoms with Gasteiger partial charge in [-0.1, -0.05) is 53.7 Å². The van der Waals surface area contributed by atoms with E-state index in [0.717, 1.165) is 15.4 Å². The van der Waals surface area contributed by atoms with E-state index in [0.29, 0.717) is 22.2 Å². The van der Waals surface area contributed by atoms with Crippen LogP contribution in [0.5, 0.6) is 11.5 Å². The van der Waals surface area contributed by atoms with E-state index in [1.165, 1.54) is 6.08 Å². The maximum Gasteiger partial charge on any atom is 0.248 e. The average Bonchev–Trinajstić information content (AvgIpc) is 2.80. The number of hydrogen-bond acceptors (Lipinski definition) is 4. The van der Waals surface area contributed by atoms with Crippen LogP contribution in [0, 0.1) is 0 Å². The Bertz CT molecular complexity index is 1210. The molecule has 0 bridgehead atoms. The van der Waals surface area contributed by atoms with Crippen LogP contribution in [0.4, 0.5) is 5.69 Å². The van der Waals surface area contributed by atoms with Gasteiger partial charge in [0.1, 0.15) is 11.5 Å². The number of carbonyl (C=O) groups is 1. The number of nitrogens with one attached hydrogen (secondary N) is 1. The van der Waals surface area contributed by atoms with Crippen molar-refractivity contribution in [1.29, 1.82) is 0 Å². The topological polar surface area (TPSA) is 51.2 Å². The first-order valence-corrected chi connectivity index (χ1v) is 11.0. The summed E-state index contributed by atoms with van der Waals surface area (Å²) in [5.74, 6) is 0.983. The van der Waals surface area contributed by atoms with Gasteiger partial charge in [-0.2, -0.15) is 0 Å². The van der Waals surface area contributed by atoms with Gasteiger partial charge in [0.2, 0.25) is 5.91 Å². The number of nitrogens with zero attached hydrogens (tertiary/aromatic N) is 1. The summed E-state index contributed by atoms with van der Waals surface area (Å²) in [4.78, 5) is 18.5. The molecule has 3 aromatic carbocycles. The molecule has 0 atom stereocenters. The molecule has 4 aromatic rings. The SMILES string of the molecule is O=C(/C=C\c1ccccc1)Nc1cc(Oc2cccnc2)cc(Sc2ccc(Cl)cc2)c1. The number of amides is 1. The molecule has 1 heterocycles. The van der Waals surface area contributed by atoms with Gasteiger partial charge in [0, 0.05) is 38.8 Å². The molecule has 0 aliphatic carbocycles. The van der Waals surface area contributed by atoms with Crippen LogP contribution in [0.3, 0.4) is 0 Å². The van der Waals surface area contributed by atoms with Gasteiger partial charge in [0.25, 0.3) is 0 Å². The Hall–Kier alpha value is -3.54. The molecule has 1 N–H and O–H groups in total. The van der Waals surface area contributed by atoms with Crippen LogP contribution in [0.1, 0.15) is 5.56 Å². The van der Waals surface area contributed by atoms with Crippen molar-refractivity contribution in [3.05, 3.63) is 114 Å². The molecule has 1 aromatic heterocycles. The molecule has 6 heteroatoms. The predicted octanol–water partition coefficient (Wildman–Crippen LogP) is 7.33. The molecule has 0 aliphatic rings. The lowest BCUT2D eigenvalue weighted by molar-refractivity contribution is -0.111. The monoisotopic (exact) mass is 458 g/mol. The van der Waals surface area contributed by atoms with E-state index in [-0.39, 0.29) is 5.91 Å². The molecule has 32 heavy (non-hydrogen) atoms. The summed E-state index contributed by atoms with van der Waals surface area (Å²) in [6.45, 7) is 0. The number of aromatic nitrogens is 1. The van der Waals surface area contributed by atoms with Crippen molar-refractivity contribution < 1.29 is 9.53 Å². The van der Waals surface area contributed by atoms with Gasteiger partial charge in [0.15, 0.2) is 0 Å². The first kappa shape index (κ1) is 21.7. The summed E-state index contributed by atoms with van der Waals surface area (Å²) in [5.41, 5.74) is 1.58. The van der Waals surface area contributed by atoms with Crippen molar-refractivity contribution >= 4 is 41.0 Å². The molecule has 0 spiro atoms. The smallest absolute Gasteiger partial charge is 0.248 e. The number of rotatable bonds is 7. The quantitative estimate of drug-likeness (QED) is 0.294. The largest absolute Gasteiger partial charge is 0.456 e. The third-order valence-corrected chi connectivity index (χ3v) is 5.52. The summed E-state index contributed by atoms with van der Waals surface area (Å²) in [6.07, 6.45) is 6.61. The first-order valence-electron chi connectivity index (χ1n) is 9.84. The molecule has 0 radical (unpaired) electrons. The number of pyridine rings is 1. The lowest BCUT2D eigenvalue weighted by atomic mass is 10.2. The zero-order chi connectivity index (χ0) is 22.2. The van der Waals surface area contributed by atoms with Crippen molar-refractivity contribution in [3.8, 4) is 11.5 Å². The number of benzene rings is 3. The minimum atomic E-state index is -0.227. The molecule has 1 amide bonds. The third kappa shape index (κ3) is 6.48. The van der Waals surface area contributed by atoms with E-state index in [2.05, 4.69) is 10.3 Å². The third-order valence-electron chi connectivity index (χ3n) is 4.29. The number of ether oxygens (including phenoxy) is 1. The molecule has 0 unspecified atom stereocenters. The Morgan fingerprint density at radius 2 is 1.72 bits per heavy atom. The fraction of sp³-hybridized carbons (Fsp3) is 0. The highest BCUT2D eigenvalue weighted by Crippen LogP contribution is 2.35. The van der Waals surface area contributed by atoms with E-state index < -0.39 is 0 Å². The summed E-state index contributed by atoms with van der Waals surface area (Å²) in [5, 5.41) is 3.60. The number of anilines is 1. The first-order chi connectivity index (χ1) is 15.6. The summed E-state index contributed by atoms with van der Waals surface area (Å²) >= 11 is 7.55. The van der Waals surface area contributed by atoms with Gasteiger partial charge in [-0.15, -0.1) is 0 Å². The van der Waals surface area contributed by atoms with E-state index in [1.807, 2.05) is 72.8 Å². The second kappa shape index (κ2) is 10.7. The Labute approximate surface area is 195 Å². The molecule has 4 nitrogen and oxygen atoms in total. The highest BCUT2D eigenvalue weighted by Gasteiger charge is 2.08. The van der Waals surface area contributed by atoms with E-state index in [9.17, 15) is 4.79 Å². The van der Waals surface area contributed by atoms with Gasteiger partial charge in [-0.25, -0.2) is 0 Å². The number of carbonyl (C=O) groups excluding carboxylic acids is 1. The van der Waals surface area contributed by atoms with Gasteiger partial charge in [0.05, 0.1) is 6.20 Å². The van der Waals surface area contributed by atoms with Gasteiger partial charge >= 0.3 is 0 Å². The molecular formula is C26H19ClN2O2S. The lowest BCUT2D eigenvalue weighted by Crippen LogP contribution is -2.07. The zero-order valence-electron chi connectivity index (χ0n) is 16.9. The van der Waals surface area contributed by atoms with Gasteiger partial charge in [-0.05, 0) is 60.2 Å². The Morgan fingerprint density at radius 1 is 0.906 bits per heavy atom. The van der Waals surface area contributed by atoms with E-state index >= 15 is 0 Å². The normalized spacial score (nSPS) is 10.8. The van der Waals surface area contributed by atoms with Crippen molar-refractivity contribution in [2.45, 2.75) is 9.79 Å². The Kier molecular flexibility index (Phi) is 7.23. The minimum absolute atomic E-state index is 0.227. The minimum Gasteiger partial charge on any atom is -0.456 e. The van der Waals surface area contributed by atoms with Crippen LogP contribution in [0.2, 0.25) is 5.02 Å². The predicted molar refractivity (Wildman–Crippen MR) is 130 cm³/mol. The Morgan fingerprint density at radius 3 is 2.47 bits per heavy atom. The van der Waals surface area contributed by atoms with E-state index in [4.69, 9.17) is 16.3 Å². The molecule has 158 valence electrons. The van der Waals surface area contributed by atoms with Crippen LogP contribution >= 0.6 is 23.4 Å². The van der Waals surface area contributed by atoms with Crippen LogP contribution in [0.15, 0.2) is 113 Å². The van der Waals surface area contributed by atoms with Crippen molar-refractivity contribution in [2.75, 3.05) is 5.32 Å². The second-order valence-corrected chi connectivity index (χ2v) is 8.36. The summed E-state index contributed by atoms with van der Waals surface area (Å²) in [6, 6.07) is 26.5. The second-order valence-electron chi connectivity index (χ2n) is 6.77. The fourth-order valence-electron chi connectivity index (χ4n) is 2.86. The molecule has 0 saturated carbocycles. The van der Waals surface area contributed by atoms with Crippen molar-refractivity contribution in [2.24, 2.45) is 0 Å². The number of hydrogen-bond donors (Lipinski definition) is 1.